The Morgan fingerprint density at radius 1 is 1.29 bits per heavy atom. The van der Waals surface area contributed by atoms with Gasteiger partial charge in [-0.3, -0.25) is 4.79 Å². The molecule has 0 aliphatic carbocycles. The van der Waals surface area contributed by atoms with Crippen molar-refractivity contribution in [3.63, 3.8) is 0 Å². The number of anilines is 2. The van der Waals surface area contributed by atoms with Crippen molar-refractivity contribution in [3.05, 3.63) is 52.7 Å². The highest BCUT2D eigenvalue weighted by molar-refractivity contribution is 6.31. The Morgan fingerprint density at radius 3 is 2.86 bits per heavy atom. The zero-order valence-electron chi connectivity index (χ0n) is 12.1. The third-order valence-electron chi connectivity index (χ3n) is 3.11. The van der Waals surface area contributed by atoms with Crippen molar-refractivity contribution in [1.29, 1.82) is 0 Å². The molecule has 1 heterocycles. The van der Waals surface area contributed by atoms with E-state index in [0.29, 0.717) is 22.1 Å². The van der Waals surface area contributed by atoms with Crippen molar-refractivity contribution in [2.45, 2.75) is 20.3 Å². The van der Waals surface area contributed by atoms with Gasteiger partial charge in [0.05, 0.1) is 5.56 Å². The molecule has 0 saturated heterocycles. The van der Waals surface area contributed by atoms with Gasteiger partial charge in [-0.25, -0.2) is 4.98 Å². The van der Waals surface area contributed by atoms with Gasteiger partial charge >= 0.3 is 0 Å². The first-order valence-corrected chi connectivity index (χ1v) is 7.26. The summed E-state index contributed by atoms with van der Waals surface area (Å²) in [6.07, 6.45) is 2.63. The molecule has 2 N–H and O–H groups in total. The fourth-order valence-electron chi connectivity index (χ4n) is 1.91. The molecular formula is C16H18ClN3O. The van der Waals surface area contributed by atoms with Crippen LogP contribution in [0.3, 0.4) is 0 Å². The van der Waals surface area contributed by atoms with E-state index in [1.807, 2.05) is 19.1 Å². The van der Waals surface area contributed by atoms with Crippen LogP contribution in [0, 0.1) is 6.92 Å². The molecule has 0 radical (unpaired) electrons. The Morgan fingerprint density at radius 2 is 2.10 bits per heavy atom. The second kappa shape index (κ2) is 7.09. The molecule has 1 aromatic carbocycles. The third-order valence-corrected chi connectivity index (χ3v) is 3.52. The molecule has 0 spiro atoms. The summed E-state index contributed by atoms with van der Waals surface area (Å²) in [5, 5.41) is 6.67. The quantitative estimate of drug-likeness (QED) is 0.873. The molecule has 21 heavy (non-hydrogen) atoms. The maximum absolute atomic E-state index is 12.4. The number of halogens is 1. The van der Waals surface area contributed by atoms with E-state index in [0.717, 1.165) is 18.5 Å². The number of benzene rings is 1. The minimum Gasteiger partial charge on any atom is -0.369 e. The lowest BCUT2D eigenvalue weighted by molar-refractivity contribution is 0.102. The minimum absolute atomic E-state index is 0.202. The normalized spacial score (nSPS) is 10.2. The van der Waals surface area contributed by atoms with Gasteiger partial charge in [0, 0.05) is 23.5 Å². The van der Waals surface area contributed by atoms with E-state index in [1.165, 1.54) is 0 Å². The van der Waals surface area contributed by atoms with Gasteiger partial charge in [-0.1, -0.05) is 24.6 Å². The number of amides is 1. The van der Waals surface area contributed by atoms with Crippen LogP contribution in [0.25, 0.3) is 0 Å². The average Bonchev–Trinajstić information content (AvgIpc) is 2.50. The van der Waals surface area contributed by atoms with E-state index in [4.69, 9.17) is 11.6 Å². The summed E-state index contributed by atoms with van der Waals surface area (Å²) in [5.74, 6) is 0.392. The van der Waals surface area contributed by atoms with Crippen LogP contribution in [0.15, 0.2) is 36.5 Å². The third kappa shape index (κ3) is 3.73. The second-order valence-electron chi connectivity index (χ2n) is 4.69. The highest BCUT2D eigenvalue weighted by atomic mass is 35.5. The fourth-order valence-corrected chi connectivity index (χ4v) is 2.08. The molecule has 0 atom stereocenters. The lowest BCUT2D eigenvalue weighted by Gasteiger charge is -2.12. The lowest BCUT2D eigenvalue weighted by Crippen LogP contribution is -2.16. The smallest absolute Gasteiger partial charge is 0.259 e. The molecule has 2 aromatic rings. The lowest BCUT2D eigenvalue weighted by atomic mass is 10.1. The summed E-state index contributed by atoms with van der Waals surface area (Å²) < 4.78 is 0. The molecule has 0 aliphatic heterocycles. The van der Waals surface area contributed by atoms with Crippen LogP contribution in [0.1, 0.15) is 29.3 Å². The van der Waals surface area contributed by atoms with Crippen LogP contribution in [-0.4, -0.2) is 17.4 Å². The summed E-state index contributed by atoms with van der Waals surface area (Å²) >= 11 is 6.07. The van der Waals surface area contributed by atoms with Crippen LogP contribution in [-0.2, 0) is 0 Å². The zero-order valence-corrected chi connectivity index (χ0v) is 12.9. The molecule has 0 bridgehead atoms. The Labute approximate surface area is 129 Å². The molecule has 2 rings (SSSR count). The van der Waals surface area contributed by atoms with Crippen molar-refractivity contribution in [2.24, 2.45) is 0 Å². The van der Waals surface area contributed by atoms with Crippen molar-refractivity contribution >= 4 is 29.0 Å². The monoisotopic (exact) mass is 303 g/mol. The molecule has 1 aromatic heterocycles. The van der Waals surface area contributed by atoms with Gasteiger partial charge in [0.1, 0.15) is 5.82 Å². The largest absolute Gasteiger partial charge is 0.369 e. The SMILES string of the molecule is CCCNc1ncccc1C(=O)Nc1cccc(Cl)c1C. The van der Waals surface area contributed by atoms with Gasteiger partial charge in [-0.05, 0) is 43.2 Å². The van der Waals surface area contributed by atoms with E-state index in [-0.39, 0.29) is 5.91 Å². The Kier molecular flexibility index (Phi) is 5.17. The predicted octanol–water partition coefficient (Wildman–Crippen LogP) is 4.12. The summed E-state index contributed by atoms with van der Waals surface area (Å²) in [4.78, 5) is 16.6. The van der Waals surface area contributed by atoms with E-state index < -0.39 is 0 Å². The molecule has 4 nitrogen and oxygen atoms in total. The summed E-state index contributed by atoms with van der Waals surface area (Å²) in [7, 11) is 0. The first-order valence-electron chi connectivity index (χ1n) is 6.88. The predicted molar refractivity (Wildman–Crippen MR) is 87.2 cm³/mol. The first kappa shape index (κ1) is 15.3. The van der Waals surface area contributed by atoms with Crippen LogP contribution >= 0.6 is 11.6 Å². The first-order chi connectivity index (χ1) is 10.1. The van der Waals surface area contributed by atoms with E-state index in [9.17, 15) is 4.79 Å². The standard InChI is InChI=1S/C16H18ClN3O/c1-3-9-18-15-12(6-5-10-19-15)16(21)20-14-8-4-7-13(17)11(14)2/h4-8,10H,3,9H2,1-2H3,(H,18,19)(H,20,21). The number of carbonyl (C=O) groups is 1. The van der Waals surface area contributed by atoms with Crippen molar-refractivity contribution in [3.8, 4) is 0 Å². The van der Waals surface area contributed by atoms with E-state index >= 15 is 0 Å². The zero-order chi connectivity index (χ0) is 15.2. The fraction of sp³-hybridized carbons (Fsp3) is 0.250. The molecular weight excluding hydrogens is 286 g/mol. The maximum Gasteiger partial charge on any atom is 0.259 e. The number of nitrogens with one attached hydrogen (secondary N) is 2. The number of hydrogen-bond acceptors (Lipinski definition) is 3. The molecule has 0 saturated carbocycles. The summed E-state index contributed by atoms with van der Waals surface area (Å²) in [6, 6.07) is 8.93. The second-order valence-corrected chi connectivity index (χ2v) is 5.10. The van der Waals surface area contributed by atoms with E-state index in [1.54, 1.807) is 24.4 Å². The molecule has 1 amide bonds. The molecule has 0 aliphatic rings. The van der Waals surface area contributed by atoms with Gasteiger partial charge in [0.2, 0.25) is 0 Å². The highest BCUT2D eigenvalue weighted by Gasteiger charge is 2.13. The minimum atomic E-state index is -0.202. The summed E-state index contributed by atoms with van der Waals surface area (Å²) in [6.45, 7) is 4.70. The van der Waals surface area contributed by atoms with Gasteiger partial charge in [-0.15, -0.1) is 0 Å². The molecule has 0 fully saturated rings. The molecule has 5 heteroatoms. The topological polar surface area (TPSA) is 54.0 Å². The number of pyridine rings is 1. The van der Waals surface area contributed by atoms with Crippen LogP contribution < -0.4 is 10.6 Å². The van der Waals surface area contributed by atoms with E-state index in [2.05, 4.69) is 22.5 Å². The average molecular weight is 304 g/mol. The van der Waals surface area contributed by atoms with Gasteiger partial charge in [-0.2, -0.15) is 0 Å². The molecule has 110 valence electrons. The van der Waals surface area contributed by atoms with Gasteiger partial charge < -0.3 is 10.6 Å². The maximum atomic E-state index is 12.4. The van der Waals surface area contributed by atoms with Crippen LogP contribution in [0.5, 0.6) is 0 Å². The number of aromatic nitrogens is 1. The highest BCUT2D eigenvalue weighted by Crippen LogP contribution is 2.24. The van der Waals surface area contributed by atoms with Gasteiger partial charge in [0.25, 0.3) is 5.91 Å². The Hall–Kier alpha value is -2.07. The van der Waals surface area contributed by atoms with Crippen molar-refractivity contribution in [2.75, 3.05) is 17.2 Å². The molecule has 0 unspecified atom stereocenters. The Bertz CT molecular complexity index is 643. The number of carbonyl (C=O) groups excluding carboxylic acids is 1. The number of rotatable bonds is 5. The van der Waals surface area contributed by atoms with Gasteiger partial charge in [0.15, 0.2) is 0 Å². The number of nitrogens with zero attached hydrogens (tertiary/aromatic N) is 1. The van der Waals surface area contributed by atoms with Crippen LogP contribution in [0.2, 0.25) is 5.02 Å². The van der Waals surface area contributed by atoms with Crippen LogP contribution in [0.4, 0.5) is 11.5 Å². The van der Waals surface area contributed by atoms with Crippen molar-refractivity contribution < 1.29 is 4.79 Å². The Balaban J connectivity index is 2.22. The summed E-state index contributed by atoms with van der Waals surface area (Å²) in [5.41, 5.74) is 2.07. The van der Waals surface area contributed by atoms with Crippen molar-refractivity contribution in [1.82, 2.24) is 4.98 Å². The number of hydrogen-bond donors (Lipinski definition) is 2.